The van der Waals surface area contributed by atoms with Crippen LogP contribution in [0.3, 0.4) is 0 Å². The number of methoxy groups -OCH3 is 1. The molecule has 2 atom stereocenters. The summed E-state index contributed by atoms with van der Waals surface area (Å²) in [6.45, 7) is 0. The molecule has 114 valence electrons. The van der Waals surface area contributed by atoms with Gasteiger partial charge in [0.1, 0.15) is 12.0 Å². The molecule has 1 fully saturated rings. The summed E-state index contributed by atoms with van der Waals surface area (Å²) in [5, 5.41) is 4.30. The minimum Gasteiger partial charge on any atom is -0.464 e. The van der Waals surface area contributed by atoms with E-state index in [2.05, 4.69) is 15.3 Å². The number of halogens is 2. The van der Waals surface area contributed by atoms with Crippen molar-refractivity contribution < 1.29 is 19.1 Å². The lowest BCUT2D eigenvalue weighted by Gasteiger charge is -2.16. The van der Waals surface area contributed by atoms with Crippen LogP contribution >= 0.6 is 23.2 Å². The fraction of sp³-hybridized carbons (Fsp3) is 0.231. The standard InChI is InChI=1S/C13H9Cl2N3O4/c1-22-13(21)10-8-9(16-17-10)12(20)18(11(8)19)7-3-5(14)2-6(15)4-7/h2-4,8-9,16H,1H3/t8-,9-/m1/s1. The van der Waals surface area contributed by atoms with Gasteiger partial charge in [0, 0.05) is 10.0 Å². The molecule has 1 saturated heterocycles. The predicted octanol–water partition coefficient (Wildman–Crippen LogP) is 0.984. The lowest BCUT2D eigenvalue weighted by atomic mass is 9.99. The van der Waals surface area contributed by atoms with Crippen LogP contribution in [0.2, 0.25) is 10.0 Å². The number of benzene rings is 1. The Morgan fingerprint density at radius 3 is 2.45 bits per heavy atom. The minimum atomic E-state index is -1.02. The van der Waals surface area contributed by atoms with Gasteiger partial charge in [-0.2, -0.15) is 5.10 Å². The van der Waals surface area contributed by atoms with Crippen molar-refractivity contribution in [2.24, 2.45) is 11.0 Å². The van der Waals surface area contributed by atoms with Gasteiger partial charge in [-0.1, -0.05) is 23.2 Å². The van der Waals surface area contributed by atoms with Gasteiger partial charge < -0.3 is 4.74 Å². The summed E-state index contributed by atoms with van der Waals surface area (Å²) in [5.74, 6) is -2.89. The number of hydrazone groups is 1. The fourth-order valence-corrected chi connectivity index (χ4v) is 3.00. The van der Waals surface area contributed by atoms with Crippen molar-refractivity contribution in [3.05, 3.63) is 28.2 Å². The van der Waals surface area contributed by atoms with Crippen molar-refractivity contribution in [3.63, 3.8) is 0 Å². The number of nitrogens with one attached hydrogen (secondary N) is 1. The van der Waals surface area contributed by atoms with E-state index in [4.69, 9.17) is 23.2 Å². The molecule has 7 nitrogen and oxygen atoms in total. The molecule has 2 heterocycles. The first-order chi connectivity index (χ1) is 10.4. The zero-order chi connectivity index (χ0) is 16.0. The van der Waals surface area contributed by atoms with Crippen LogP contribution in [0.15, 0.2) is 23.3 Å². The van der Waals surface area contributed by atoms with Gasteiger partial charge in [0.05, 0.1) is 12.8 Å². The summed E-state index contributed by atoms with van der Waals surface area (Å²) < 4.78 is 4.57. The van der Waals surface area contributed by atoms with E-state index in [0.29, 0.717) is 0 Å². The Balaban J connectivity index is 2.00. The second-order valence-corrected chi connectivity index (χ2v) is 5.59. The summed E-state index contributed by atoms with van der Waals surface area (Å²) in [4.78, 5) is 37.5. The third-order valence-corrected chi connectivity index (χ3v) is 3.86. The molecule has 1 aromatic rings. The Bertz CT molecular complexity index is 714. The third kappa shape index (κ3) is 2.13. The molecule has 3 rings (SSSR count). The number of imide groups is 1. The van der Waals surface area contributed by atoms with E-state index in [1.165, 1.54) is 25.3 Å². The average molecular weight is 342 g/mol. The molecule has 0 aliphatic carbocycles. The molecule has 1 aromatic carbocycles. The molecule has 0 aromatic heterocycles. The third-order valence-electron chi connectivity index (χ3n) is 3.42. The summed E-state index contributed by atoms with van der Waals surface area (Å²) in [7, 11) is 1.17. The molecular formula is C13H9Cl2N3O4. The van der Waals surface area contributed by atoms with Gasteiger partial charge in [0.15, 0.2) is 5.71 Å². The van der Waals surface area contributed by atoms with Gasteiger partial charge in [-0.05, 0) is 18.2 Å². The van der Waals surface area contributed by atoms with Gasteiger partial charge in [0.2, 0.25) is 5.91 Å². The smallest absolute Gasteiger partial charge is 0.355 e. The summed E-state index contributed by atoms with van der Waals surface area (Å²) in [5.41, 5.74) is 2.62. The van der Waals surface area contributed by atoms with Gasteiger partial charge in [-0.15, -0.1) is 0 Å². The molecule has 0 radical (unpaired) electrons. The molecular weight excluding hydrogens is 333 g/mol. The van der Waals surface area contributed by atoms with Crippen LogP contribution in [0.5, 0.6) is 0 Å². The van der Waals surface area contributed by atoms with Crippen molar-refractivity contribution >= 4 is 52.4 Å². The maximum Gasteiger partial charge on any atom is 0.355 e. The molecule has 2 amide bonds. The number of hydrogen-bond donors (Lipinski definition) is 1. The van der Waals surface area contributed by atoms with Crippen molar-refractivity contribution in [2.45, 2.75) is 6.04 Å². The second kappa shape index (κ2) is 5.26. The predicted molar refractivity (Wildman–Crippen MR) is 78.8 cm³/mol. The maximum absolute atomic E-state index is 12.5. The Morgan fingerprint density at radius 2 is 1.86 bits per heavy atom. The lowest BCUT2D eigenvalue weighted by molar-refractivity contribution is -0.133. The molecule has 9 heteroatoms. The topological polar surface area (TPSA) is 88.1 Å². The highest BCUT2D eigenvalue weighted by Gasteiger charge is 2.55. The van der Waals surface area contributed by atoms with Crippen LogP contribution in [-0.4, -0.2) is 36.6 Å². The van der Waals surface area contributed by atoms with Crippen molar-refractivity contribution in [1.29, 1.82) is 0 Å². The van der Waals surface area contributed by atoms with Gasteiger partial charge in [-0.3, -0.25) is 15.0 Å². The number of esters is 1. The van der Waals surface area contributed by atoms with E-state index in [1.807, 2.05) is 0 Å². The number of carbonyl (C=O) groups excluding carboxylic acids is 3. The molecule has 0 bridgehead atoms. The summed E-state index contributed by atoms with van der Waals surface area (Å²) in [6.07, 6.45) is 0. The normalized spacial score (nSPS) is 23.2. The number of fused-ring (bicyclic) bond motifs is 1. The number of nitrogens with zero attached hydrogens (tertiary/aromatic N) is 2. The van der Waals surface area contributed by atoms with E-state index in [-0.39, 0.29) is 21.4 Å². The maximum atomic E-state index is 12.5. The van der Waals surface area contributed by atoms with Crippen LogP contribution in [-0.2, 0) is 19.1 Å². The number of carbonyl (C=O) groups is 3. The van der Waals surface area contributed by atoms with Crippen LogP contribution < -0.4 is 10.3 Å². The van der Waals surface area contributed by atoms with Crippen molar-refractivity contribution in [3.8, 4) is 0 Å². The van der Waals surface area contributed by atoms with E-state index in [1.54, 1.807) is 0 Å². The van der Waals surface area contributed by atoms with Crippen LogP contribution in [0.4, 0.5) is 5.69 Å². The molecule has 1 N–H and O–H groups in total. The zero-order valence-corrected chi connectivity index (χ0v) is 12.7. The second-order valence-electron chi connectivity index (χ2n) is 4.71. The number of ether oxygens (including phenoxy) is 1. The highest BCUT2D eigenvalue weighted by atomic mass is 35.5. The van der Waals surface area contributed by atoms with Crippen molar-refractivity contribution in [1.82, 2.24) is 5.43 Å². The van der Waals surface area contributed by atoms with Gasteiger partial charge >= 0.3 is 5.97 Å². The van der Waals surface area contributed by atoms with Gasteiger partial charge in [-0.25, -0.2) is 9.69 Å². The highest BCUT2D eigenvalue weighted by Crippen LogP contribution is 2.33. The number of rotatable bonds is 2. The molecule has 22 heavy (non-hydrogen) atoms. The summed E-state index contributed by atoms with van der Waals surface area (Å²) >= 11 is 11.8. The Morgan fingerprint density at radius 1 is 1.23 bits per heavy atom. The van der Waals surface area contributed by atoms with E-state index in [9.17, 15) is 14.4 Å². The molecule has 0 spiro atoms. The monoisotopic (exact) mass is 341 g/mol. The zero-order valence-electron chi connectivity index (χ0n) is 11.2. The molecule has 0 unspecified atom stereocenters. The van der Waals surface area contributed by atoms with Crippen LogP contribution in [0.25, 0.3) is 0 Å². The quantitative estimate of drug-likeness (QED) is 0.640. The highest BCUT2D eigenvalue weighted by molar-refractivity contribution is 6.46. The molecule has 0 saturated carbocycles. The summed E-state index contributed by atoms with van der Waals surface area (Å²) in [6, 6.07) is 3.44. The van der Waals surface area contributed by atoms with Crippen molar-refractivity contribution in [2.75, 3.05) is 12.0 Å². The average Bonchev–Trinajstić information content (AvgIpc) is 2.98. The molecule has 2 aliphatic heterocycles. The molecule has 2 aliphatic rings. The number of anilines is 1. The van der Waals surface area contributed by atoms with E-state index >= 15 is 0 Å². The first kappa shape index (κ1) is 14.8. The minimum absolute atomic E-state index is 0.124. The first-order valence-electron chi connectivity index (χ1n) is 6.19. The number of hydrogen-bond acceptors (Lipinski definition) is 6. The van der Waals surface area contributed by atoms with Crippen LogP contribution in [0.1, 0.15) is 0 Å². The lowest BCUT2D eigenvalue weighted by Crippen LogP contribution is -2.36. The van der Waals surface area contributed by atoms with E-state index < -0.39 is 29.7 Å². The number of amides is 2. The van der Waals surface area contributed by atoms with Gasteiger partial charge in [0.25, 0.3) is 5.91 Å². The Kier molecular flexibility index (Phi) is 3.54. The van der Waals surface area contributed by atoms with Crippen LogP contribution in [0, 0.1) is 5.92 Å². The first-order valence-corrected chi connectivity index (χ1v) is 6.95. The SMILES string of the molecule is COC(=O)C1=NN[C@H]2C(=O)N(c3cc(Cl)cc(Cl)c3)C(=O)[C@@H]12. The fourth-order valence-electron chi connectivity index (χ4n) is 2.49. The Labute approximate surface area is 134 Å². The Hall–Kier alpha value is -2.12. The van der Waals surface area contributed by atoms with E-state index in [0.717, 1.165) is 4.90 Å². The largest absolute Gasteiger partial charge is 0.464 e.